The molecule has 0 amide bonds. The quantitative estimate of drug-likeness (QED) is 0.447. The van der Waals surface area contributed by atoms with E-state index >= 15 is 0 Å². The van der Waals surface area contributed by atoms with Gasteiger partial charge in [0, 0.05) is 34.1 Å². The van der Waals surface area contributed by atoms with Crippen LogP contribution in [0.2, 0.25) is 10.0 Å². The fourth-order valence-electron chi connectivity index (χ4n) is 3.99. The summed E-state index contributed by atoms with van der Waals surface area (Å²) >= 11 is 13.6. The summed E-state index contributed by atoms with van der Waals surface area (Å²) in [4.78, 5) is 7.23. The van der Waals surface area contributed by atoms with E-state index in [1.54, 1.807) is 17.4 Å². The molecular weight excluding hydrogens is 459 g/mol. The summed E-state index contributed by atoms with van der Waals surface area (Å²) in [6, 6.07) is 10.7. The minimum Gasteiger partial charge on any atom is -0.348 e. The molecule has 4 rings (SSSR count). The van der Waals surface area contributed by atoms with Crippen molar-refractivity contribution in [1.29, 1.82) is 0 Å². The van der Waals surface area contributed by atoms with Gasteiger partial charge < -0.3 is 4.90 Å². The number of aryl methyl sites for hydroxylation is 2. The minimum absolute atomic E-state index is 0.199. The highest BCUT2D eigenvalue weighted by Gasteiger charge is 2.32. The van der Waals surface area contributed by atoms with Gasteiger partial charge in [-0.3, -0.25) is 0 Å². The van der Waals surface area contributed by atoms with Gasteiger partial charge in [0.1, 0.15) is 0 Å². The van der Waals surface area contributed by atoms with Gasteiger partial charge in [-0.15, -0.1) is 11.3 Å². The molecule has 1 saturated heterocycles. The fraction of sp³-hybridized carbons (Fsp3) is 0.318. The first kappa shape index (κ1) is 21.6. The van der Waals surface area contributed by atoms with Gasteiger partial charge in [-0.1, -0.05) is 41.4 Å². The molecule has 2 aromatic carbocycles. The Morgan fingerprint density at radius 3 is 2.23 bits per heavy atom. The first-order valence-electron chi connectivity index (χ1n) is 9.73. The van der Waals surface area contributed by atoms with E-state index in [1.165, 1.54) is 28.8 Å². The van der Waals surface area contributed by atoms with Crippen molar-refractivity contribution in [2.75, 3.05) is 18.0 Å². The Hall–Kier alpha value is -1.60. The molecule has 0 radical (unpaired) electrons. The van der Waals surface area contributed by atoms with Crippen molar-refractivity contribution in [2.45, 2.75) is 36.8 Å². The van der Waals surface area contributed by atoms with Crippen LogP contribution in [0.1, 0.15) is 24.0 Å². The Balaban J connectivity index is 1.50. The number of rotatable bonds is 4. The van der Waals surface area contributed by atoms with Crippen LogP contribution >= 0.6 is 34.5 Å². The first-order valence-corrected chi connectivity index (χ1v) is 12.9. The van der Waals surface area contributed by atoms with Crippen LogP contribution in [0.3, 0.4) is 0 Å². The van der Waals surface area contributed by atoms with E-state index in [1.807, 2.05) is 0 Å². The number of hydrogen-bond donors (Lipinski definition) is 0. The maximum atomic E-state index is 13.1. The molecule has 3 aromatic rings. The summed E-state index contributed by atoms with van der Waals surface area (Å²) in [5.41, 5.74) is 4.57. The van der Waals surface area contributed by atoms with Gasteiger partial charge in [-0.05, 0) is 56.0 Å². The summed E-state index contributed by atoms with van der Waals surface area (Å²) in [5.74, 6) is 0. The van der Waals surface area contributed by atoms with Gasteiger partial charge in [0.2, 0.25) is 0 Å². The SMILES string of the molecule is Cc1cccc(C)c1-c1csc(N2CCC(S(=O)(=O)c3cc(Cl)cc(Cl)c3)CC2)n1. The van der Waals surface area contributed by atoms with E-state index in [2.05, 4.69) is 42.3 Å². The smallest absolute Gasteiger partial charge is 0.185 e. The molecule has 1 aliphatic heterocycles. The predicted molar refractivity (Wildman–Crippen MR) is 126 cm³/mol. The average molecular weight is 481 g/mol. The van der Waals surface area contributed by atoms with E-state index < -0.39 is 15.1 Å². The van der Waals surface area contributed by atoms with Gasteiger partial charge in [-0.2, -0.15) is 0 Å². The minimum atomic E-state index is -3.47. The molecule has 0 bridgehead atoms. The zero-order chi connectivity index (χ0) is 21.5. The van der Waals surface area contributed by atoms with Crippen LogP contribution in [0.4, 0.5) is 5.13 Å². The van der Waals surface area contributed by atoms with E-state index in [-0.39, 0.29) is 4.90 Å². The monoisotopic (exact) mass is 480 g/mol. The molecule has 30 heavy (non-hydrogen) atoms. The second-order valence-electron chi connectivity index (χ2n) is 7.62. The third kappa shape index (κ3) is 4.24. The number of thiazole rings is 1. The highest BCUT2D eigenvalue weighted by atomic mass is 35.5. The van der Waals surface area contributed by atoms with Crippen molar-refractivity contribution in [1.82, 2.24) is 4.98 Å². The van der Waals surface area contributed by atoms with Gasteiger partial charge in [0.25, 0.3) is 0 Å². The molecule has 0 saturated carbocycles. The Morgan fingerprint density at radius 1 is 1.03 bits per heavy atom. The summed E-state index contributed by atoms with van der Waals surface area (Å²) in [5, 5.41) is 3.25. The number of benzene rings is 2. The molecule has 158 valence electrons. The Labute approximate surface area is 191 Å². The summed E-state index contributed by atoms with van der Waals surface area (Å²) in [6.07, 6.45) is 1.09. The number of nitrogens with zero attached hydrogens (tertiary/aromatic N) is 2. The van der Waals surface area contributed by atoms with Crippen molar-refractivity contribution in [3.8, 4) is 11.3 Å². The summed E-state index contributed by atoms with van der Waals surface area (Å²) in [7, 11) is -3.47. The van der Waals surface area contributed by atoms with Gasteiger partial charge in [-0.25, -0.2) is 13.4 Å². The standard InChI is InChI=1S/C22H22Cl2N2O2S2/c1-14-4-3-5-15(2)21(14)20-13-29-22(25-20)26-8-6-18(7-9-26)30(27,28)19-11-16(23)10-17(24)12-19/h3-5,10-13,18H,6-9H2,1-2H3. The number of aromatic nitrogens is 1. The lowest BCUT2D eigenvalue weighted by molar-refractivity contribution is 0.529. The van der Waals surface area contributed by atoms with Crippen molar-refractivity contribution >= 4 is 49.5 Å². The first-order chi connectivity index (χ1) is 14.3. The third-order valence-electron chi connectivity index (χ3n) is 5.55. The lowest BCUT2D eigenvalue weighted by atomic mass is 10.0. The summed E-state index contributed by atoms with van der Waals surface area (Å²) < 4.78 is 26.1. The van der Waals surface area contributed by atoms with Crippen molar-refractivity contribution in [2.24, 2.45) is 0 Å². The molecule has 0 atom stereocenters. The van der Waals surface area contributed by atoms with Crippen LogP contribution in [0.25, 0.3) is 11.3 Å². The molecule has 0 aliphatic carbocycles. The van der Waals surface area contributed by atoms with Gasteiger partial charge >= 0.3 is 0 Å². The molecule has 4 nitrogen and oxygen atoms in total. The molecule has 2 heterocycles. The maximum absolute atomic E-state index is 13.1. The lowest BCUT2D eigenvalue weighted by Gasteiger charge is -2.31. The van der Waals surface area contributed by atoms with Crippen molar-refractivity contribution in [3.05, 3.63) is 63.0 Å². The molecule has 0 spiro atoms. The zero-order valence-corrected chi connectivity index (χ0v) is 19.9. The highest BCUT2D eigenvalue weighted by Crippen LogP contribution is 2.34. The van der Waals surface area contributed by atoms with E-state index in [4.69, 9.17) is 28.2 Å². The molecule has 1 aliphatic rings. The zero-order valence-electron chi connectivity index (χ0n) is 16.7. The molecule has 0 N–H and O–H groups in total. The van der Waals surface area contributed by atoms with E-state index in [0.29, 0.717) is 36.0 Å². The number of piperidine rings is 1. The van der Waals surface area contributed by atoms with Crippen molar-refractivity contribution < 1.29 is 8.42 Å². The predicted octanol–water partition coefficient (Wildman–Crippen LogP) is 6.18. The van der Waals surface area contributed by atoms with Gasteiger partial charge in [0.15, 0.2) is 15.0 Å². The van der Waals surface area contributed by atoms with E-state index in [0.717, 1.165) is 10.8 Å². The largest absolute Gasteiger partial charge is 0.348 e. The van der Waals surface area contributed by atoms with E-state index in [9.17, 15) is 8.42 Å². The lowest BCUT2D eigenvalue weighted by Crippen LogP contribution is -2.39. The van der Waals surface area contributed by atoms with Crippen LogP contribution in [-0.4, -0.2) is 31.7 Å². The van der Waals surface area contributed by atoms with Crippen LogP contribution in [0.5, 0.6) is 0 Å². The third-order valence-corrected chi connectivity index (χ3v) is 9.12. The Morgan fingerprint density at radius 2 is 1.63 bits per heavy atom. The summed E-state index contributed by atoms with van der Waals surface area (Å²) in [6.45, 7) is 5.50. The number of halogens is 2. The average Bonchev–Trinajstić information content (AvgIpc) is 3.17. The molecule has 0 unspecified atom stereocenters. The highest BCUT2D eigenvalue weighted by molar-refractivity contribution is 7.92. The molecule has 1 aromatic heterocycles. The van der Waals surface area contributed by atoms with Gasteiger partial charge in [0.05, 0.1) is 15.8 Å². The number of anilines is 1. The Kier molecular flexibility index (Phi) is 6.13. The molecular formula is C22H22Cl2N2O2S2. The van der Waals surface area contributed by atoms with Crippen LogP contribution in [0.15, 0.2) is 46.7 Å². The topological polar surface area (TPSA) is 50.3 Å². The second kappa shape index (κ2) is 8.50. The fourth-order valence-corrected chi connectivity index (χ4v) is 7.31. The molecule has 1 fully saturated rings. The van der Waals surface area contributed by atoms with Crippen LogP contribution in [-0.2, 0) is 9.84 Å². The second-order valence-corrected chi connectivity index (χ2v) is 11.6. The normalized spacial score (nSPS) is 15.5. The number of hydrogen-bond acceptors (Lipinski definition) is 5. The van der Waals surface area contributed by atoms with Crippen LogP contribution < -0.4 is 4.90 Å². The van der Waals surface area contributed by atoms with Crippen LogP contribution in [0, 0.1) is 13.8 Å². The van der Waals surface area contributed by atoms with Crippen molar-refractivity contribution in [3.63, 3.8) is 0 Å². The number of sulfone groups is 1. The maximum Gasteiger partial charge on any atom is 0.185 e. The molecule has 8 heteroatoms. The Bertz CT molecular complexity index is 1140.